The Hall–Kier alpha value is -2.41. The van der Waals surface area contributed by atoms with Gasteiger partial charge in [-0.3, -0.25) is 4.79 Å². The lowest BCUT2D eigenvalue weighted by atomic mass is 10.2. The number of hydrogen-bond donors (Lipinski definition) is 2. The molecule has 1 heterocycles. The summed E-state index contributed by atoms with van der Waals surface area (Å²) < 4.78 is 5.14. The zero-order valence-corrected chi connectivity index (χ0v) is 14.6. The number of nitrogens with one attached hydrogen (secondary N) is 2. The van der Waals surface area contributed by atoms with Crippen LogP contribution in [0.3, 0.4) is 0 Å². The van der Waals surface area contributed by atoms with Crippen LogP contribution in [-0.4, -0.2) is 29.5 Å². The van der Waals surface area contributed by atoms with Gasteiger partial charge in [-0.2, -0.15) is 0 Å². The van der Waals surface area contributed by atoms with Crippen molar-refractivity contribution in [2.24, 2.45) is 0 Å². The van der Waals surface area contributed by atoms with Crippen molar-refractivity contribution in [1.82, 2.24) is 10.3 Å². The summed E-state index contributed by atoms with van der Waals surface area (Å²) in [5, 5.41) is 8.10. The number of amides is 1. The Morgan fingerprint density at radius 3 is 2.75 bits per heavy atom. The van der Waals surface area contributed by atoms with Crippen molar-refractivity contribution < 1.29 is 14.3 Å². The maximum Gasteiger partial charge on any atom is 0.358 e. The Balaban J connectivity index is 1.85. The highest BCUT2D eigenvalue weighted by molar-refractivity contribution is 7.13. The Morgan fingerprint density at radius 2 is 2.04 bits per heavy atom. The second-order valence-corrected chi connectivity index (χ2v) is 6.07. The second kappa shape index (κ2) is 9.02. The van der Waals surface area contributed by atoms with Crippen LogP contribution in [0.1, 0.15) is 36.3 Å². The molecule has 2 aromatic rings. The first-order valence-corrected chi connectivity index (χ1v) is 8.70. The minimum absolute atomic E-state index is 0.200. The molecule has 0 spiro atoms. The first-order valence-electron chi connectivity index (χ1n) is 7.82. The molecule has 0 aliphatic rings. The molecule has 6 nitrogen and oxygen atoms in total. The van der Waals surface area contributed by atoms with E-state index in [-0.39, 0.29) is 11.6 Å². The normalized spacial score (nSPS) is 11.6. The number of aromatic nitrogens is 1. The van der Waals surface area contributed by atoms with Crippen LogP contribution in [0.5, 0.6) is 0 Å². The minimum Gasteiger partial charge on any atom is -0.448 e. The summed E-state index contributed by atoms with van der Waals surface area (Å²) in [7, 11) is 0. The fraction of sp³-hybridized carbons (Fsp3) is 0.353. The van der Waals surface area contributed by atoms with Crippen LogP contribution >= 0.6 is 11.3 Å². The van der Waals surface area contributed by atoms with E-state index < -0.39 is 12.1 Å². The molecule has 0 aliphatic carbocycles. The quantitative estimate of drug-likeness (QED) is 0.718. The van der Waals surface area contributed by atoms with Crippen LogP contribution in [0.2, 0.25) is 0 Å². The molecule has 0 aliphatic heterocycles. The molecule has 1 atom stereocenters. The summed E-state index contributed by atoms with van der Waals surface area (Å²) in [6.07, 6.45) is -0.0129. The molecule has 128 valence electrons. The molecule has 0 radical (unpaired) electrons. The zero-order chi connectivity index (χ0) is 17.4. The summed E-state index contributed by atoms with van der Waals surface area (Å²) in [5.41, 5.74) is 1.32. The Kier molecular flexibility index (Phi) is 6.74. The van der Waals surface area contributed by atoms with Crippen LogP contribution in [0, 0.1) is 0 Å². The lowest BCUT2D eigenvalue weighted by molar-refractivity contribution is -0.129. The van der Waals surface area contributed by atoms with Crippen molar-refractivity contribution in [2.45, 2.75) is 32.9 Å². The van der Waals surface area contributed by atoms with Gasteiger partial charge in [0.1, 0.15) is 0 Å². The summed E-state index contributed by atoms with van der Waals surface area (Å²) in [4.78, 5) is 28.0. The third-order valence-corrected chi connectivity index (χ3v) is 4.00. The van der Waals surface area contributed by atoms with E-state index in [4.69, 9.17) is 4.74 Å². The van der Waals surface area contributed by atoms with Crippen LogP contribution in [0.15, 0.2) is 35.7 Å². The second-order valence-electron chi connectivity index (χ2n) is 5.22. The zero-order valence-electron chi connectivity index (χ0n) is 13.7. The predicted octanol–water partition coefficient (Wildman–Crippen LogP) is 2.83. The molecule has 24 heavy (non-hydrogen) atoms. The number of carbonyl (C=O) groups excluding carboxylic acids is 2. The molecule has 0 saturated heterocycles. The van der Waals surface area contributed by atoms with Crippen LogP contribution < -0.4 is 10.6 Å². The van der Waals surface area contributed by atoms with Gasteiger partial charge in [-0.15, -0.1) is 11.3 Å². The van der Waals surface area contributed by atoms with E-state index in [1.54, 1.807) is 12.3 Å². The number of hydrogen-bond acceptors (Lipinski definition) is 6. The number of anilines is 1. The molecular weight excluding hydrogens is 326 g/mol. The number of rotatable bonds is 8. The van der Waals surface area contributed by atoms with E-state index in [0.717, 1.165) is 12.0 Å². The SMILES string of the molecule is CCCNC(=O)C(C)OC(=O)c1csc(NCc2ccccc2)n1. The maximum atomic E-state index is 12.0. The van der Waals surface area contributed by atoms with Crippen molar-refractivity contribution >= 4 is 28.3 Å². The van der Waals surface area contributed by atoms with Gasteiger partial charge in [0.25, 0.3) is 5.91 Å². The Labute approximate surface area is 145 Å². The topological polar surface area (TPSA) is 80.3 Å². The number of benzene rings is 1. The molecule has 0 fully saturated rings. The van der Waals surface area contributed by atoms with Crippen LogP contribution in [0.25, 0.3) is 0 Å². The maximum absolute atomic E-state index is 12.0. The van der Waals surface area contributed by atoms with Gasteiger partial charge in [0, 0.05) is 18.5 Å². The van der Waals surface area contributed by atoms with E-state index >= 15 is 0 Å². The molecule has 7 heteroatoms. The first kappa shape index (κ1) is 17.9. The van der Waals surface area contributed by atoms with Gasteiger partial charge in [0.2, 0.25) is 0 Å². The summed E-state index contributed by atoms with van der Waals surface area (Å²) >= 11 is 1.32. The van der Waals surface area contributed by atoms with E-state index in [9.17, 15) is 9.59 Å². The molecule has 2 rings (SSSR count). The third-order valence-electron chi connectivity index (χ3n) is 3.20. The Morgan fingerprint density at radius 1 is 1.29 bits per heavy atom. The largest absolute Gasteiger partial charge is 0.448 e. The number of esters is 1. The molecule has 0 saturated carbocycles. The van der Waals surface area contributed by atoms with Gasteiger partial charge in [-0.1, -0.05) is 37.3 Å². The number of carbonyl (C=O) groups is 2. The van der Waals surface area contributed by atoms with Gasteiger partial charge in [-0.05, 0) is 18.9 Å². The highest BCUT2D eigenvalue weighted by atomic mass is 32.1. The van der Waals surface area contributed by atoms with E-state index in [1.807, 2.05) is 37.3 Å². The van der Waals surface area contributed by atoms with E-state index in [1.165, 1.54) is 11.3 Å². The third kappa shape index (κ3) is 5.34. The standard InChI is InChI=1S/C17H21N3O3S/c1-3-9-18-15(21)12(2)23-16(22)14-11-24-17(20-14)19-10-13-7-5-4-6-8-13/h4-8,11-12H,3,9-10H2,1-2H3,(H,18,21)(H,19,20). The fourth-order valence-corrected chi connectivity index (χ4v) is 2.57. The van der Waals surface area contributed by atoms with Crippen LogP contribution in [-0.2, 0) is 16.1 Å². The lowest BCUT2D eigenvalue weighted by Crippen LogP contribution is -2.36. The molecule has 1 aromatic carbocycles. The van der Waals surface area contributed by atoms with E-state index in [2.05, 4.69) is 15.6 Å². The van der Waals surface area contributed by atoms with E-state index in [0.29, 0.717) is 18.2 Å². The number of nitrogens with zero attached hydrogens (tertiary/aromatic N) is 1. The fourth-order valence-electron chi connectivity index (χ4n) is 1.89. The monoisotopic (exact) mass is 347 g/mol. The number of thiazole rings is 1. The summed E-state index contributed by atoms with van der Waals surface area (Å²) in [6.45, 7) is 4.68. The number of ether oxygens (including phenoxy) is 1. The smallest absolute Gasteiger partial charge is 0.358 e. The van der Waals surface area contributed by atoms with Gasteiger partial charge in [-0.25, -0.2) is 9.78 Å². The van der Waals surface area contributed by atoms with Gasteiger partial charge >= 0.3 is 5.97 Å². The minimum atomic E-state index is -0.841. The molecule has 1 aromatic heterocycles. The van der Waals surface area contributed by atoms with Crippen molar-refractivity contribution in [3.05, 3.63) is 47.0 Å². The van der Waals surface area contributed by atoms with Gasteiger partial charge in [0.15, 0.2) is 16.9 Å². The highest BCUT2D eigenvalue weighted by Gasteiger charge is 2.20. The predicted molar refractivity (Wildman–Crippen MR) is 94.1 cm³/mol. The lowest BCUT2D eigenvalue weighted by Gasteiger charge is -2.12. The molecule has 0 bridgehead atoms. The van der Waals surface area contributed by atoms with Crippen molar-refractivity contribution in [3.63, 3.8) is 0 Å². The molecule has 1 amide bonds. The highest BCUT2D eigenvalue weighted by Crippen LogP contribution is 2.17. The van der Waals surface area contributed by atoms with Crippen molar-refractivity contribution in [3.8, 4) is 0 Å². The summed E-state index contributed by atoms with van der Waals surface area (Å²) in [6, 6.07) is 9.90. The molecule has 1 unspecified atom stereocenters. The average molecular weight is 347 g/mol. The summed E-state index contributed by atoms with van der Waals surface area (Å²) in [5.74, 6) is -0.902. The first-order chi connectivity index (χ1) is 11.6. The van der Waals surface area contributed by atoms with Crippen molar-refractivity contribution in [1.29, 1.82) is 0 Å². The van der Waals surface area contributed by atoms with Gasteiger partial charge in [0.05, 0.1) is 0 Å². The Bertz CT molecular complexity index is 673. The molecule has 2 N–H and O–H groups in total. The average Bonchev–Trinajstić information content (AvgIpc) is 3.07. The van der Waals surface area contributed by atoms with Gasteiger partial charge < -0.3 is 15.4 Å². The molecular formula is C17H21N3O3S. The van der Waals surface area contributed by atoms with Crippen LogP contribution in [0.4, 0.5) is 5.13 Å². The van der Waals surface area contributed by atoms with Crippen molar-refractivity contribution in [2.75, 3.05) is 11.9 Å².